The molecule has 7 aromatic carbocycles. The van der Waals surface area contributed by atoms with Crippen molar-refractivity contribution in [2.75, 3.05) is 0 Å². The Kier molecular flexibility index (Phi) is 4.36. The molecule has 9 aromatic rings. The number of benzene rings is 7. The first-order valence-corrected chi connectivity index (χ1v) is 13.6. The Morgan fingerprint density at radius 2 is 0.950 bits per heavy atom. The maximum Gasteiger partial charge on any atom is 0.145 e. The molecule has 2 heteroatoms. The standard InChI is InChI=1S/C38H22O2/c1-2-11-25-23(9-1)10-7-16-26(25)34-27-12-3-5-14-29(27)35(30-15-6-4-13-28(30)34)31-17-8-18-32-36(31)37-33(40-32)20-19-24-21-22-39-38(24)37/h1-22H. The molecule has 0 amide bonds. The predicted octanol–water partition coefficient (Wildman–Crippen LogP) is 11.1. The highest BCUT2D eigenvalue weighted by molar-refractivity contribution is 6.28. The van der Waals surface area contributed by atoms with Gasteiger partial charge in [-0.05, 0) is 78.8 Å². The minimum absolute atomic E-state index is 0.839. The van der Waals surface area contributed by atoms with Gasteiger partial charge < -0.3 is 8.83 Å². The molecular formula is C38H22O2. The molecule has 0 saturated carbocycles. The quantitative estimate of drug-likeness (QED) is 0.216. The molecular weight excluding hydrogens is 488 g/mol. The van der Waals surface area contributed by atoms with Crippen LogP contribution < -0.4 is 0 Å². The van der Waals surface area contributed by atoms with E-state index >= 15 is 0 Å². The van der Waals surface area contributed by atoms with Crippen molar-refractivity contribution >= 4 is 65.2 Å². The fourth-order valence-corrected chi connectivity index (χ4v) is 6.69. The fraction of sp³-hybridized carbons (Fsp3) is 0. The Hall–Kier alpha value is -5.34. The van der Waals surface area contributed by atoms with Crippen molar-refractivity contribution in [3.63, 3.8) is 0 Å². The molecule has 0 atom stereocenters. The largest absolute Gasteiger partial charge is 0.464 e. The zero-order valence-corrected chi connectivity index (χ0v) is 21.5. The lowest BCUT2D eigenvalue weighted by molar-refractivity contribution is 0.618. The Bertz CT molecular complexity index is 2370. The van der Waals surface area contributed by atoms with E-state index < -0.39 is 0 Å². The molecule has 0 unspecified atom stereocenters. The highest BCUT2D eigenvalue weighted by atomic mass is 16.3. The Labute approximate surface area is 229 Å². The van der Waals surface area contributed by atoms with E-state index in [1.807, 2.05) is 6.07 Å². The van der Waals surface area contributed by atoms with Crippen LogP contribution in [0.3, 0.4) is 0 Å². The molecule has 186 valence electrons. The second-order valence-corrected chi connectivity index (χ2v) is 10.4. The Balaban J connectivity index is 1.50. The average molecular weight is 511 g/mol. The molecule has 2 heterocycles. The van der Waals surface area contributed by atoms with Gasteiger partial charge in [0.15, 0.2) is 0 Å². The third-order valence-corrected chi connectivity index (χ3v) is 8.34. The molecule has 2 nitrogen and oxygen atoms in total. The van der Waals surface area contributed by atoms with Crippen molar-refractivity contribution in [3.8, 4) is 22.3 Å². The van der Waals surface area contributed by atoms with Gasteiger partial charge >= 0.3 is 0 Å². The SMILES string of the molecule is c1ccc2c(-c3c4ccccc4c(-c4cccc5oc6ccc7ccoc7c6c45)c4ccccc34)cccc2c1. The monoisotopic (exact) mass is 510 g/mol. The van der Waals surface area contributed by atoms with Crippen molar-refractivity contribution in [2.24, 2.45) is 0 Å². The second kappa shape index (κ2) is 8.08. The molecule has 40 heavy (non-hydrogen) atoms. The van der Waals surface area contributed by atoms with Gasteiger partial charge in [-0.3, -0.25) is 0 Å². The van der Waals surface area contributed by atoms with Crippen LogP contribution in [0.1, 0.15) is 0 Å². The van der Waals surface area contributed by atoms with Crippen molar-refractivity contribution in [1.29, 1.82) is 0 Å². The molecule has 9 rings (SSSR count). The maximum atomic E-state index is 6.40. The maximum absolute atomic E-state index is 6.40. The fourth-order valence-electron chi connectivity index (χ4n) is 6.69. The molecule has 0 aliphatic carbocycles. The lowest BCUT2D eigenvalue weighted by atomic mass is 9.84. The Morgan fingerprint density at radius 1 is 0.375 bits per heavy atom. The first kappa shape index (κ1) is 21.6. The van der Waals surface area contributed by atoms with E-state index in [1.165, 1.54) is 49.0 Å². The summed E-state index contributed by atoms with van der Waals surface area (Å²) < 4.78 is 12.4. The van der Waals surface area contributed by atoms with Crippen LogP contribution in [0.15, 0.2) is 142 Å². The van der Waals surface area contributed by atoms with Gasteiger partial charge in [0.25, 0.3) is 0 Å². The van der Waals surface area contributed by atoms with Crippen LogP contribution >= 0.6 is 0 Å². The minimum atomic E-state index is 0.839. The summed E-state index contributed by atoms with van der Waals surface area (Å²) in [6, 6.07) is 45.4. The average Bonchev–Trinajstić information content (AvgIpc) is 3.64. The van der Waals surface area contributed by atoms with E-state index in [2.05, 4.69) is 121 Å². The van der Waals surface area contributed by atoms with Crippen LogP contribution in [0.25, 0.3) is 87.5 Å². The molecule has 0 N–H and O–H groups in total. The second-order valence-electron chi connectivity index (χ2n) is 10.4. The van der Waals surface area contributed by atoms with Crippen LogP contribution in [0.4, 0.5) is 0 Å². The van der Waals surface area contributed by atoms with Crippen LogP contribution in [0.2, 0.25) is 0 Å². The molecule has 0 saturated heterocycles. The molecule has 0 aliphatic heterocycles. The first-order valence-electron chi connectivity index (χ1n) is 13.6. The number of furan rings is 2. The van der Waals surface area contributed by atoms with E-state index in [0.717, 1.165) is 38.5 Å². The summed E-state index contributed by atoms with van der Waals surface area (Å²) in [6.45, 7) is 0. The summed E-state index contributed by atoms with van der Waals surface area (Å²) in [5.74, 6) is 0. The third-order valence-electron chi connectivity index (χ3n) is 8.34. The summed E-state index contributed by atoms with van der Waals surface area (Å²) in [7, 11) is 0. The van der Waals surface area contributed by atoms with Crippen molar-refractivity contribution < 1.29 is 8.83 Å². The zero-order chi connectivity index (χ0) is 26.2. The summed E-state index contributed by atoms with van der Waals surface area (Å²) in [5.41, 5.74) is 7.45. The van der Waals surface area contributed by atoms with Crippen molar-refractivity contribution in [2.45, 2.75) is 0 Å². The van der Waals surface area contributed by atoms with Crippen LogP contribution in [-0.2, 0) is 0 Å². The summed E-state index contributed by atoms with van der Waals surface area (Å²) >= 11 is 0. The molecule has 0 radical (unpaired) electrons. The normalized spacial score (nSPS) is 12.0. The number of rotatable bonds is 2. The Morgan fingerprint density at radius 3 is 1.70 bits per heavy atom. The molecule has 2 aromatic heterocycles. The van der Waals surface area contributed by atoms with E-state index in [0.29, 0.717) is 0 Å². The topological polar surface area (TPSA) is 26.3 Å². The summed E-state index contributed by atoms with van der Waals surface area (Å²) in [5, 5.41) is 10.6. The highest BCUT2D eigenvalue weighted by Crippen LogP contribution is 2.48. The van der Waals surface area contributed by atoms with Gasteiger partial charge in [-0.15, -0.1) is 0 Å². The minimum Gasteiger partial charge on any atom is -0.464 e. The van der Waals surface area contributed by atoms with E-state index in [4.69, 9.17) is 8.83 Å². The van der Waals surface area contributed by atoms with Crippen molar-refractivity contribution in [3.05, 3.63) is 134 Å². The number of hydrogen-bond donors (Lipinski definition) is 0. The highest BCUT2D eigenvalue weighted by Gasteiger charge is 2.22. The number of hydrogen-bond acceptors (Lipinski definition) is 2. The third kappa shape index (κ3) is 2.88. The van der Waals surface area contributed by atoms with E-state index in [-0.39, 0.29) is 0 Å². The molecule has 0 spiro atoms. The van der Waals surface area contributed by atoms with Crippen LogP contribution in [-0.4, -0.2) is 0 Å². The van der Waals surface area contributed by atoms with Gasteiger partial charge in [0.2, 0.25) is 0 Å². The van der Waals surface area contributed by atoms with Gasteiger partial charge in [0, 0.05) is 10.8 Å². The summed E-state index contributed by atoms with van der Waals surface area (Å²) in [6.07, 6.45) is 1.76. The first-order chi connectivity index (χ1) is 19.9. The van der Waals surface area contributed by atoms with Gasteiger partial charge in [-0.25, -0.2) is 0 Å². The number of fused-ring (bicyclic) bond motifs is 8. The predicted molar refractivity (Wildman–Crippen MR) is 167 cm³/mol. The van der Waals surface area contributed by atoms with Gasteiger partial charge in [-0.2, -0.15) is 0 Å². The van der Waals surface area contributed by atoms with Crippen LogP contribution in [0, 0.1) is 0 Å². The van der Waals surface area contributed by atoms with Gasteiger partial charge in [0.1, 0.15) is 16.7 Å². The van der Waals surface area contributed by atoms with Gasteiger partial charge in [0.05, 0.1) is 11.6 Å². The van der Waals surface area contributed by atoms with E-state index in [9.17, 15) is 0 Å². The van der Waals surface area contributed by atoms with Crippen LogP contribution in [0.5, 0.6) is 0 Å². The van der Waals surface area contributed by atoms with Gasteiger partial charge in [-0.1, -0.05) is 103 Å². The van der Waals surface area contributed by atoms with E-state index in [1.54, 1.807) is 6.26 Å². The lowest BCUT2D eigenvalue weighted by Crippen LogP contribution is -1.92. The van der Waals surface area contributed by atoms with Crippen molar-refractivity contribution in [1.82, 2.24) is 0 Å². The zero-order valence-electron chi connectivity index (χ0n) is 21.5. The molecule has 0 fully saturated rings. The smallest absolute Gasteiger partial charge is 0.145 e. The molecule has 0 aliphatic rings. The molecule has 0 bridgehead atoms. The summed E-state index contributed by atoms with van der Waals surface area (Å²) in [4.78, 5) is 0. The lowest BCUT2D eigenvalue weighted by Gasteiger charge is -2.19.